The SMILES string of the molecule is CC1CCCC(O)[C@H]1C. The van der Waals surface area contributed by atoms with Crippen LogP contribution in [0.3, 0.4) is 0 Å². The molecule has 9 heavy (non-hydrogen) atoms. The zero-order chi connectivity index (χ0) is 6.85. The third-order valence-corrected chi connectivity index (χ3v) is 2.66. The second kappa shape index (κ2) is 2.70. The molecule has 54 valence electrons. The van der Waals surface area contributed by atoms with E-state index in [0.29, 0.717) is 5.92 Å². The van der Waals surface area contributed by atoms with Crippen molar-refractivity contribution in [2.45, 2.75) is 39.2 Å². The molecule has 1 heteroatoms. The molecule has 0 aliphatic heterocycles. The van der Waals surface area contributed by atoms with Crippen LogP contribution in [0.1, 0.15) is 33.1 Å². The standard InChI is InChI=1S/C8H16O/c1-6-4-3-5-8(9)7(6)2/h6-9H,3-5H2,1-2H3/t6?,7-,8?/m0/s1. The fraction of sp³-hybridized carbons (Fsp3) is 1.00. The normalized spacial score (nSPS) is 45.0. The van der Waals surface area contributed by atoms with Crippen LogP contribution in [0.25, 0.3) is 0 Å². The summed E-state index contributed by atoms with van der Waals surface area (Å²) < 4.78 is 0. The van der Waals surface area contributed by atoms with Crippen molar-refractivity contribution >= 4 is 0 Å². The van der Waals surface area contributed by atoms with E-state index in [0.717, 1.165) is 12.3 Å². The minimum atomic E-state index is -0.0197. The lowest BCUT2D eigenvalue weighted by molar-refractivity contribution is 0.0486. The van der Waals surface area contributed by atoms with E-state index in [1.807, 2.05) is 0 Å². The van der Waals surface area contributed by atoms with E-state index < -0.39 is 0 Å². The molecular formula is C8H16O. The summed E-state index contributed by atoms with van der Waals surface area (Å²) in [6.07, 6.45) is 3.52. The summed E-state index contributed by atoms with van der Waals surface area (Å²) in [5.41, 5.74) is 0. The van der Waals surface area contributed by atoms with Crippen molar-refractivity contribution in [2.75, 3.05) is 0 Å². The third-order valence-electron chi connectivity index (χ3n) is 2.66. The zero-order valence-electron chi connectivity index (χ0n) is 6.30. The quantitative estimate of drug-likeness (QED) is 0.527. The zero-order valence-corrected chi connectivity index (χ0v) is 6.30. The summed E-state index contributed by atoms with van der Waals surface area (Å²) in [6.45, 7) is 4.38. The van der Waals surface area contributed by atoms with Gasteiger partial charge in [0, 0.05) is 0 Å². The molecule has 0 aromatic carbocycles. The van der Waals surface area contributed by atoms with Crippen LogP contribution in [0, 0.1) is 11.8 Å². The number of rotatable bonds is 0. The van der Waals surface area contributed by atoms with Crippen LogP contribution in [0.4, 0.5) is 0 Å². The first-order chi connectivity index (χ1) is 4.22. The van der Waals surface area contributed by atoms with Crippen LogP contribution in [0.15, 0.2) is 0 Å². The molecule has 1 N–H and O–H groups in total. The first kappa shape index (κ1) is 7.07. The Morgan fingerprint density at radius 3 is 2.33 bits per heavy atom. The monoisotopic (exact) mass is 128 g/mol. The number of aliphatic hydroxyl groups is 1. The predicted octanol–water partition coefficient (Wildman–Crippen LogP) is 1.80. The van der Waals surface area contributed by atoms with Crippen molar-refractivity contribution < 1.29 is 5.11 Å². The van der Waals surface area contributed by atoms with Crippen molar-refractivity contribution in [3.05, 3.63) is 0 Å². The van der Waals surface area contributed by atoms with Gasteiger partial charge in [0.1, 0.15) is 0 Å². The summed E-state index contributed by atoms with van der Waals surface area (Å²) in [5, 5.41) is 9.35. The summed E-state index contributed by atoms with van der Waals surface area (Å²) in [7, 11) is 0. The van der Waals surface area contributed by atoms with Gasteiger partial charge >= 0.3 is 0 Å². The molecular weight excluding hydrogens is 112 g/mol. The first-order valence-corrected chi connectivity index (χ1v) is 3.90. The highest BCUT2D eigenvalue weighted by Crippen LogP contribution is 2.28. The Labute approximate surface area is 57.1 Å². The Morgan fingerprint density at radius 1 is 1.22 bits per heavy atom. The van der Waals surface area contributed by atoms with Crippen molar-refractivity contribution in [3.8, 4) is 0 Å². The molecule has 1 nitrogen and oxygen atoms in total. The van der Waals surface area contributed by atoms with E-state index in [9.17, 15) is 5.11 Å². The van der Waals surface area contributed by atoms with Crippen LogP contribution in [0.2, 0.25) is 0 Å². The smallest absolute Gasteiger partial charge is 0.0568 e. The van der Waals surface area contributed by atoms with Crippen LogP contribution < -0.4 is 0 Å². The number of aliphatic hydroxyl groups excluding tert-OH is 1. The second-order valence-electron chi connectivity index (χ2n) is 3.33. The van der Waals surface area contributed by atoms with Gasteiger partial charge < -0.3 is 5.11 Å². The van der Waals surface area contributed by atoms with Crippen molar-refractivity contribution in [1.82, 2.24) is 0 Å². The molecule has 0 spiro atoms. The van der Waals surface area contributed by atoms with E-state index in [4.69, 9.17) is 0 Å². The summed E-state index contributed by atoms with van der Waals surface area (Å²) in [4.78, 5) is 0. The molecule has 0 saturated heterocycles. The third kappa shape index (κ3) is 1.45. The van der Waals surface area contributed by atoms with Gasteiger partial charge in [0.2, 0.25) is 0 Å². The Bertz CT molecular complexity index is 80.6. The Hall–Kier alpha value is -0.0400. The molecule has 0 aromatic rings. The largest absolute Gasteiger partial charge is 0.393 e. The minimum Gasteiger partial charge on any atom is -0.393 e. The Balaban J connectivity index is 2.41. The van der Waals surface area contributed by atoms with E-state index >= 15 is 0 Å². The molecule has 0 bridgehead atoms. The van der Waals surface area contributed by atoms with Crippen LogP contribution in [-0.4, -0.2) is 11.2 Å². The molecule has 1 aliphatic rings. The van der Waals surface area contributed by atoms with Crippen molar-refractivity contribution in [2.24, 2.45) is 11.8 Å². The topological polar surface area (TPSA) is 20.2 Å². The molecule has 1 fully saturated rings. The van der Waals surface area contributed by atoms with Crippen LogP contribution in [0.5, 0.6) is 0 Å². The van der Waals surface area contributed by atoms with Gasteiger partial charge in [-0.3, -0.25) is 0 Å². The van der Waals surface area contributed by atoms with Gasteiger partial charge in [-0.15, -0.1) is 0 Å². The molecule has 3 atom stereocenters. The summed E-state index contributed by atoms with van der Waals surface area (Å²) in [5.74, 6) is 1.26. The fourth-order valence-corrected chi connectivity index (χ4v) is 1.55. The molecule has 1 saturated carbocycles. The maximum Gasteiger partial charge on any atom is 0.0568 e. The average molecular weight is 128 g/mol. The highest BCUT2D eigenvalue weighted by molar-refractivity contribution is 4.75. The molecule has 0 aromatic heterocycles. The lowest BCUT2D eigenvalue weighted by atomic mass is 9.80. The van der Waals surface area contributed by atoms with E-state index in [-0.39, 0.29) is 6.10 Å². The number of hydrogen-bond donors (Lipinski definition) is 1. The van der Waals surface area contributed by atoms with Gasteiger partial charge in [-0.05, 0) is 18.3 Å². The molecule has 2 unspecified atom stereocenters. The highest BCUT2D eigenvalue weighted by Gasteiger charge is 2.24. The van der Waals surface area contributed by atoms with Crippen molar-refractivity contribution in [3.63, 3.8) is 0 Å². The van der Waals surface area contributed by atoms with Gasteiger partial charge in [0.15, 0.2) is 0 Å². The second-order valence-corrected chi connectivity index (χ2v) is 3.33. The van der Waals surface area contributed by atoms with Gasteiger partial charge in [-0.25, -0.2) is 0 Å². The van der Waals surface area contributed by atoms with Gasteiger partial charge in [-0.2, -0.15) is 0 Å². The van der Waals surface area contributed by atoms with Gasteiger partial charge in [0.05, 0.1) is 6.10 Å². The first-order valence-electron chi connectivity index (χ1n) is 3.90. The molecule has 0 heterocycles. The molecule has 1 rings (SSSR count). The lowest BCUT2D eigenvalue weighted by Crippen LogP contribution is -2.28. The Morgan fingerprint density at radius 2 is 1.89 bits per heavy atom. The predicted molar refractivity (Wildman–Crippen MR) is 38.2 cm³/mol. The van der Waals surface area contributed by atoms with E-state index in [2.05, 4.69) is 13.8 Å². The van der Waals surface area contributed by atoms with Crippen molar-refractivity contribution in [1.29, 1.82) is 0 Å². The van der Waals surface area contributed by atoms with Crippen LogP contribution >= 0.6 is 0 Å². The maximum atomic E-state index is 9.35. The average Bonchev–Trinajstić information content (AvgIpc) is 1.83. The van der Waals surface area contributed by atoms with Gasteiger partial charge in [0.25, 0.3) is 0 Å². The summed E-state index contributed by atoms with van der Waals surface area (Å²) >= 11 is 0. The fourth-order valence-electron chi connectivity index (χ4n) is 1.55. The van der Waals surface area contributed by atoms with Gasteiger partial charge in [-0.1, -0.05) is 26.7 Å². The molecule has 0 radical (unpaired) electrons. The Kier molecular flexibility index (Phi) is 2.12. The highest BCUT2D eigenvalue weighted by atomic mass is 16.3. The van der Waals surface area contributed by atoms with Crippen LogP contribution in [-0.2, 0) is 0 Å². The summed E-state index contributed by atoms with van der Waals surface area (Å²) in [6, 6.07) is 0. The maximum absolute atomic E-state index is 9.35. The van der Waals surface area contributed by atoms with E-state index in [1.54, 1.807) is 0 Å². The minimum absolute atomic E-state index is 0.0197. The number of hydrogen-bond acceptors (Lipinski definition) is 1. The molecule has 1 aliphatic carbocycles. The molecule has 0 amide bonds. The lowest BCUT2D eigenvalue weighted by Gasteiger charge is -2.30. The van der Waals surface area contributed by atoms with E-state index in [1.165, 1.54) is 12.8 Å².